The maximum absolute atomic E-state index is 12.9. The number of halogens is 1. The molecule has 2 fully saturated rings. The molecule has 0 bridgehead atoms. The molecule has 2 saturated heterocycles. The first kappa shape index (κ1) is 17.2. The maximum atomic E-state index is 12.9. The van der Waals surface area contributed by atoms with Crippen molar-refractivity contribution in [1.29, 1.82) is 0 Å². The summed E-state index contributed by atoms with van der Waals surface area (Å²) in [5.41, 5.74) is 0.661. The van der Waals surface area contributed by atoms with E-state index < -0.39 is 4.92 Å². The summed E-state index contributed by atoms with van der Waals surface area (Å²) >= 11 is 3.31. The third kappa shape index (κ3) is 3.70. The average molecular weight is 397 g/mol. The van der Waals surface area contributed by atoms with Gasteiger partial charge in [0.1, 0.15) is 5.69 Å². The summed E-state index contributed by atoms with van der Waals surface area (Å²) in [6.07, 6.45) is 3.97. The molecule has 1 amide bonds. The van der Waals surface area contributed by atoms with E-state index in [0.29, 0.717) is 28.8 Å². The fraction of sp³-hybridized carbons (Fsp3) is 0.562. The molecule has 2 aliphatic heterocycles. The molecule has 3 rings (SSSR count). The van der Waals surface area contributed by atoms with E-state index in [1.165, 1.54) is 6.07 Å². The van der Waals surface area contributed by atoms with Crippen molar-refractivity contribution in [1.82, 2.24) is 10.2 Å². The molecule has 0 radical (unpaired) electrons. The minimum atomic E-state index is -0.428. The first-order valence-corrected chi connectivity index (χ1v) is 9.10. The number of nitro groups is 1. The summed E-state index contributed by atoms with van der Waals surface area (Å²) in [5.74, 6) is -0.132. The summed E-state index contributed by atoms with van der Waals surface area (Å²) in [4.78, 5) is 25.8. The molecule has 0 aliphatic carbocycles. The van der Waals surface area contributed by atoms with Gasteiger partial charge in [0.2, 0.25) is 0 Å². The number of nitrogens with zero attached hydrogens (tertiary/aromatic N) is 2. The molecule has 1 aromatic rings. The van der Waals surface area contributed by atoms with Gasteiger partial charge < -0.3 is 15.5 Å². The Labute approximate surface area is 149 Å². The van der Waals surface area contributed by atoms with E-state index in [1.807, 2.05) is 0 Å². The maximum Gasteiger partial charge on any atom is 0.294 e. The fourth-order valence-electron chi connectivity index (χ4n) is 3.31. The minimum Gasteiger partial charge on any atom is -0.375 e. The molecular weight excluding hydrogens is 376 g/mol. The van der Waals surface area contributed by atoms with Gasteiger partial charge in [-0.3, -0.25) is 14.9 Å². The number of anilines is 1. The number of hydrogen-bond donors (Lipinski definition) is 2. The lowest BCUT2D eigenvalue weighted by molar-refractivity contribution is -0.384. The largest absolute Gasteiger partial charge is 0.375 e. The quantitative estimate of drug-likeness (QED) is 0.603. The van der Waals surface area contributed by atoms with E-state index in [0.717, 1.165) is 38.8 Å². The number of nitrogens with one attached hydrogen (secondary N) is 2. The highest BCUT2D eigenvalue weighted by Gasteiger charge is 2.29. The van der Waals surface area contributed by atoms with Crippen molar-refractivity contribution in [2.24, 2.45) is 0 Å². The van der Waals surface area contributed by atoms with Crippen LogP contribution < -0.4 is 10.6 Å². The van der Waals surface area contributed by atoms with Crippen LogP contribution in [0.5, 0.6) is 0 Å². The lowest BCUT2D eigenvalue weighted by Crippen LogP contribution is -2.36. The lowest BCUT2D eigenvalue weighted by atomic mass is 10.1. The molecule has 130 valence electrons. The third-order valence-electron chi connectivity index (χ3n) is 4.56. The zero-order chi connectivity index (χ0) is 17.1. The Balaban J connectivity index is 1.98. The van der Waals surface area contributed by atoms with E-state index in [-0.39, 0.29) is 17.6 Å². The highest BCUT2D eigenvalue weighted by Crippen LogP contribution is 2.34. The van der Waals surface area contributed by atoms with Crippen LogP contribution in [0.2, 0.25) is 0 Å². The second kappa shape index (κ2) is 7.48. The standard InChI is InChI=1S/C16H21BrN4O3/c17-11-8-13(16(22)20-6-2-1-3-7-20)15(14(9-11)21(23)24)19-12-4-5-18-10-12/h8-9,12,18-19H,1-7,10H2/t12-/m1/s1. The number of nitro benzene ring substituents is 1. The third-order valence-corrected chi connectivity index (χ3v) is 5.02. The van der Waals surface area contributed by atoms with Gasteiger partial charge >= 0.3 is 0 Å². The summed E-state index contributed by atoms with van der Waals surface area (Å²) in [6.45, 7) is 3.04. The topological polar surface area (TPSA) is 87.5 Å². The van der Waals surface area contributed by atoms with E-state index in [2.05, 4.69) is 26.6 Å². The number of benzene rings is 1. The van der Waals surface area contributed by atoms with Gasteiger partial charge in [-0.05, 0) is 38.3 Å². The van der Waals surface area contributed by atoms with Gasteiger partial charge in [-0.1, -0.05) is 15.9 Å². The van der Waals surface area contributed by atoms with Crippen molar-refractivity contribution in [3.8, 4) is 0 Å². The van der Waals surface area contributed by atoms with Gasteiger partial charge in [-0.2, -0.15) is 0 Å². The second-order valence-electron chi connectivity index (χ2n) is 6.29. The van der Waals surface area contributed by atoms with E-state index in [4.69, 9.17) is 0 Å². The van der Waals surface area contributed by atoms with Crippen LogP contribution in [0.15, 0.2) is 16.6 Å². The Hall–Kier alpha value is -1.67. The Morgan fingerprint density at radius 3 is 2.71 bits per heavy atom. The monoisotopic (exact) mass is 396 g/mol. The Morgan fingerprint density at radius 1 is 1.33 bits per heavy atom. The van der Waals surface area contributed by atoms with Crippen LogP contribution in [0.4, 0.5) is 11.4 Å². The molecule has 0 spiro atoms. The molecule has 7 nitrogen and oxygen atoms in total. The molecule has 2 N–H and O–H groups in total. The van der Waals surface area contributed by atoms with Crippen molar-refractivity contribution in [2.75, 3.05) is 31.5 Å². The summed E-state index contributed by atoms with van der Waals surface area (Å²) < 4.78 is 0.546. The zero-order valence-electron chi connectivity index (χ0n) is 13.4. The molecule has 0 saturated carbocycles. The van der Waals surface area contributed by atoms with Crippen LogP contribution in [0.1, 0.15) is 36.0 Å². The first-order valence-electron chi connectivity index (χ1n) is 8.30. The molecule has 2 heterocycles. The molecule has 24 heavy (non-hydrogen) atoms. The molecule has 1 atom stereocenters. The molecule has 1 aromatic carbocycles. The summed E-state index contributed by atoms with van der Waals surface area (Å²) in [7, 11) is 0. The van der Waals surface area contributed by atoms with Crippen LogP contribution in [0.25, 0.3) is 0 Å². The number of amides is 1. The zero-order valence-corrected chi connectivity index (χ0v) is 15.0. The van der Waals surface area contributed by atoms with Crippen molar-refractivity contribution in [2.45, 2.75) is 31.7 Å². The molecule has 2 aliphatic rings. The van der Waals surface area contributed by atoms with Crippen LogP contribution in [0, 0.1) is 10.1 Å². The van der Waals surface area contributed by atoms with Gasteiger partial charge in [0.15, 0.2) is 0 Å². The lowest BCUT2D eigenvalue weighted by Gasteiger charge is -2.28. The van der Waals surface area contributed by atoms with Crippen molar-refractivity contribution < 1.29 is 9.72 Å². The van der Waals surface area contributed by atoms with Crippen molar-refractivity contribution in [3.63, 3.8) is 0 Å². The smallest absolute Gasteiger partial charge is 0.294 e. The predicted molar refractivity (Wildman–Crippen MR) is 95.4 cm³/mol. The number of piperidine rings is 1. The van der Waals surface area contributed by atoms with Gasteiger partial charge in [-0.25, -0.2) is 0 Å². The number of rotatable bonds is 4. The Kier molecular flexibility index (Phi) is 5.35. The Bertz CT molecular complexity index is 640. The van der Waals surface area contributed by atoms with Gasteiger partial charge in [0.05, 0.1) is 10.5 Å². The molecular formula is C16H21BrN4O3. The first-order chi connectivity index (χ1) is 11.6. The summed E-state index contributed by atoms with van der Waals surface area (Å²) in [5, 5.41) is 18.0. The normalized spacial score (nSPS) is 20.9. The fourth-order valence-corrected chi connectivity index (χ4v) is 3.75. The molecule has 0 aromatic heterocycles. The van der Waals surface area contributed by atoms with Crippen LogP contribution in [-0.2, 0) is 0 Å². The van der Waals surface area contributed by atoms with E-state index in [9.17, 15) is 14.9 Å². The SMILES string of the molecule is O=C(c1cc(Br)cc([N+](=O)[O-])c1N[C@@H]1CCNC1)N1CCCCC1. The van der Waals surface area contributed by atoms with Crippen LogP contribution in [-0.4, -0.2) is 48.0 Å². The molecule has 0 unspecified atom stereocenters. The number of hydrogen-bond acceptors (Lipinski definition) is 5. The van der Waals surface area contributed by atoms with Gasteiger partial charge in [0, 0.05) is 36.2 Å². The second-order valence-corrected chi connectivity index (χ2v) is 7.21. The number of carbonyl (C=O) groups excluding carboxylic acids is 1. The van der Waals surface area contributed by atoms with Crippen LogP contribution in [0.3, 0.4) is 0 Å². The molecule has 8 heteroatoms. The summed E-state index contributed by atoms with van der Waals surface area (Å²) in [6, 6.07) is 3.24. The van der Waals surface area contributed by atoms with Crippen molar-refractivity contribution >= 4 is 33.2 Å². The van der Waals surface area contributed by atoms with E-state index in [1.54, 1.807) is 11.0 Å². The van der Waals surface area contributed by atoms with E-state index >= 15 is 0 Å². The minimum absolute atomic E-state index is 0.0587. The Morgan fingerprint density at radius 2 is 2.08 bits per heavy atom. The average Bonchev–Trinajstić information content (AvgIpc) is 3.09. The number of likely N-dealkylation sites (tertiary alicyclic amines) is 1. The van der Waals surface area contributed by atoms with Gasteiger partial charge in [-0.15, -0.1) is 0 Å². The predicted octanol–water partition coefficient (Wildman–Crippen LogP) is 2.76. The number of carbonyl (C=O) groups is 1. The van der Waals surface area contributed by atoms with Gasteiger partial charge in [0.25, 0.3) is 11.6 Å². The highest BCUT2D eigenvalue weighted by molar-refractivity contribution is 9.10. The van der Waals surface area contributed by atoms with Crippen molar-refractivity contribution in [3.05, 3.63) is 32.3 Å². The van der Waals surface area contributed by atoms with Crippen LogP contribution >= 0.6 is 15.9 Å². The highest BCUT2D eigenvalue weighted by atomic mass is 79.9.